The summed E-state index contributed by atoms with van der Waals surface area (Å²) in [5.74, 6) is 0.371. The lowest BCUT2D eigenvalue weighted by molar-refractivity contribution is 0.291. The second kappa shape index (κ2) is 6.84. The second-order valence-corrected chi connectivity index (χ2v) is 8.78. The number of thiazole rings is 1. The Morgan fingerprint density at radius 2 is 1.87 bits per heavy atom. The Morgan fingerprint density at radius 3 is 2.48 bits per heavy atom. The highest BCUT2D eigenvalue weighted by atomic mass is 32.2. The van der Waals surface area contributed by atoms with Gasteiger partial charge in [-0.15, -0.1) is 11.3 Å². The summed E-state index contributed by atoms with van der Waals surface area (Å²) in [5.41, 5.74) is 1.05. The predicted octanol–water partition coefficient (Wildman–Crippen LogP) is 3.06. The fourth-order valence-corrected chi connectivity index (χ4v) is 5.90. The number of hydrogen-bond acceptors (Lipinski definition) is 4. The molecule has 1 fully saturated rings. The molecule has 3 rings (SSSR count). The average molecular weight is 354 g/mol. The summed E-state index contributed by atoms with van der Waals surface area (Å²) < 4.78 is 29.5. The molecule has 1 saturated heterocycles. The normalized spacial score (nSPS) is 18.0. The van der Waals surface area contributed by atoms with Crippen LogP contribution in [0.3, 0.4) is 0 Å². The first-order valence-corrected chi connectivity index (χ1v) is 10.4. The van der Waals surface area contributed by atoms with Crippen LogP contribution in [0.1, 0.15) is 37.6 Å². The molecular formula is C16H23N3O2S2. The molecule has 5 nitrogen and oxygen atoms in total. The molecule has 1 aromatic heterocycles. The lowest BCUT2D eigenvalue weighted by Crippen LogP contribution is -2.46. The van der Waals surface area contributed by atoms with Crippen LogP contribution < -0.4 is 0 Å². The minimum atomic E-state index is -3.30. The van der Waals surface area contributed by atoms with Gasteiger partial charge in [0.15, 0.2) is 0 Å². The lowest BCUT2D eigenvalue weighted by Gasteiger charge is -2.33. The van der Waals surface area contributed by atoms with Gasteiger partial charge in [0.1, 0.15) is 0 Å². The van der Waals surface area contributed by atoms with Gasteiger partial charge in [0.05, 0.1) is 15.2 Å². The van der Waals surface area contributed by atoms with E-state index in [1.165, 1.54) is 9.01 Å². The van der Waals surface area contributed by atoms with Crippen molar-refractivity contribution in [2.75, 3.05) is 26.2 Å². The minimum Gasteiger partial charge on any atom is -0.241 e. The van der Waals surface area contributed by atoms with Gasteiger partial charge in [-0.3, -0.25) is 0 Å². The van der Waals surface area contributed by atoms with Gasteiger partial charge in [0, 0.05) is 32.1 Å². The first-order valence-electron chi connectivity index (χ1n) is 8.17. The Kier molecular flexibility index (Phi) is 5.01. The fraction of sp³-hybridized carbons (Fsp3) is 0.562. The number of nitrogens with zero attached hydrogens (tertiary/aromatic N) is 3. The van der Waals surface area contributed by atoms with Gasteiger partial charge in [-0.2, -0.15) is 17.0 Å². The zero-order valence-electron chi connectivity index (χ0n) is 13.6. The molecule has 1 aliphatic heterocycles. The molecule has 0 atom stereocenters. The zero-order chi connectivity index (χ0) is 16.4. The third-order valence-corrected chi connectivity index (χ3v) is 7.86. The summed E-state index contributed by atoms with van der Waals surface area (Å²) in [6, 6.07) is 8.17. The molecular weight excluding hydrogens is 330 g/mol. The summed E-state index contributed by atoms with van der Waals surface area (Å²) >= 11 is 1.74. The SMILES string of the molecule is CCN(CC)S(=O)(=O)N1CCC(c2nc3ccccc3s2)CC1. The molecule has 0 unspecified atom stereocenters. The van der Waals surface area contributed by atoms with Gasteiger partial charge in [-0.1, -0.05) is 26.0 Å². The highest BCUT2D eigenvalue weighted by Crippen LogP contribution is 2.34. The van der Waals surface area contributed by atoms with Crippen molar-refractivity contribution >= 4 is 31.8 Å². The molecule has 2 aromatic rings. The summed E-state index contributed by atoms with van der Waals surface area (Å²) in [5, 5.41) is 1.14. The van der Waals surface area contributed by atoms with Crippen LogP contribution in [0.5, 0.6) is 0 Å². The summed E-state index contributed by atoms with van der Waals surface area (Å²) in [7, 11) is -3.30. The van der Waals surface area contributed by atoms with Gasteiger partial charge in [-0.25, -0.2) is 4.98 Å². The molecule has 1 aromatic carbocycles. The number of fused-ring (bicyclic) bond motifs is 1. The van der Waals surface area contributed by atoms with Crippen molar-refractivity contribution in [3.05, 3.63) is 29.3 Å². The van der Waals surface area contributed by atoms with E-state index < -0.39 is 10.2 Å². The minimum absolute atomic E-state index is 0.371. The van der Waals surface area contributed by atoms with Crippen LogP contribution in [-0.4, -0.2) is 48.2 Å². The standard InChI is InChI=1S/C16H23N3O2S2/c1-3-18(4-2)23(20,21)19-11-9-13(10-12-19)16-17-14-7-5-6-8-15(14)22-16/h5-8,13H,3-4,9-12H2,1-2H3. The highest BCUT2D eigenvalue weighted by molar-refractivity contribution is 7.86. The van der Waals surface area contributed by atoms with E-state index in [1.54, 1.807) is 15.6 Å². The smallest absolute Gasteiger partial charge is 0.241 e. The third kappa shape index (κ3) is 3.28. The molecule has 0 N–H and O–H groups in total. The molecule has 1 aliphatic rings. The summed E-state index contributed by atoms with van der Waals surface area (Å²) in [4.78, 5) is 4.73. The van der Waals surface area contributed by atoms with Crippen LogP contribution in [0.4, 0.5) is 0 Å². The Balaban J connectivity index is 1.71. The van der Waals surface area contributed by atoms with Crippen molar-refractivity contribution in [3.63, 3.8) is 0 Å². The Hall–Kier alpha value is -1.02. The van der Waals surface area contributed by atoms with Gasteiger partial charge in [0.25, 0.3) is 10.2 Å². The zero-order valence-corrected chi connectivity index (χ0v) is 15.2. The van der Waals surface area contributed by atoms with E-state index in [0.717, 1.165) is 23.4 Å². The molecule has 0 saturated carbocycles. The van der Waals surface area contributed by atoms with Gasteiger partial charge >= 0.3 is 0 Å². The van der Waals surface area contributed by atoms with Crippen molar-refractivity contribution in [1.82, 2.24) is 13.6 Å². The quantitative estimate of drug-likeness (QED) is 0.830. The van der Waals surface area contributed by atoms with E-state index in [-0.39, 0.29) is 0 Å². The van der Waals surface area contributed by atoms with Gasteiger partial charge in [0.2, 0.25) is 0 Å². The third-order valence-electron chi connectivity index (χ3n) is 4.47. The molecule has 23 heavy (non-hydrogen) atoms. The number of rotatable bonds is 5. The molecule has 2 heterocycles. The first kappa shape index (κ1) is 16.8. The highest BCUT2D eigenvalue weighted by Gasteiger charge is 2.32. The lowest BCUT2D eigenvalue weighted by atomic mass is 9.99. The number of aromatic nitrogens is 1. The predicted molar refractivity (Wildman–Crippen MR) is 95.0 cm³/mol. The van der Waals surface area contributed by atoms with E-state index >= 15 is 0 Å². The van der Waals surface area contributed by atoms with Crippen LogP contribution in [0, 0.1) is 0 Å². The van der Waals surface area contributed by atoms with Gasteiger partial charge < -0.3 is 0 Å². The molecule has 7 heteroatoms. The van der Waals surface area contributed by atoms with Crippen LogP contribution >= 0.6 is 11.3 Å². The van der Waals surface area contributed by atoms with E-state index in [0.29, 0.717) is 32.1 Å². The van der Waals surface area contributed by atoms with Crippen LogP contribution in [0.25, 0.3) is 10.2 Å². The van der Waals surface area contributed by atoms with Crippen molar-refractivity contribution in [3.8, 4) is 0 Å². The maximum absolute atomic E-state index is 12.6. The maximum atomic E-state index is 12.6. The summed E-state index contributed by atoms with van der Waals surface area (Å²) in [6.07, 6.45) is 1.70. The molecule has 0 aliphatic carbocycles. The Bertz CT molecular complexity index is 727. The monoisotopic (exact) mass is 353 g/mol. The number of para-hydroxylation sites is 1. The number of benzene rings is 1. The topological polar surface area (TPSA) is 53.5 Å². The molecule has 0 amide bonds. The van der Waals surface area contributed by atoms with E-state index in [4.69, 9.17) is 4.98 Å². The fourth-order valence-electron chi connectivity index (χ4n) is 3.11. The Morgan fingerprint density at radius 1 is 1.22 bits per heavy atom. The average Bonchev–Trinajstić information content (AvgIpc) is 3.00. The van der Waals surface area contributed by atoms with Gasteiger partial charge in [-0.05, 0) is 25.0 Å². The van der Waals surface area contributed by atoms with Crippen LogP contribution in [0.2, 0.25) is 0 Å². The largest absolute Gasteiger partial charge is 0.281 e. The molecule has 0 spiro atoms. The van der Waals surface area contributed by atoms with E-state index in [1.807, 2.05) is 32.0 Å². The number of piperidine rings is 1. The Labute approximate surface area is 142 Å². The molecule has 126 valence electrons. The van der Waals surface area contributed by atoms with Crippen molar-refractivity contribution in [1.29, 1.82) is 0 Å². The van der Waals surface area contributed by atoms with Crippen molar-refractivity contribution in [2.24, 2.45) is 0 Å². The molecule has 0 radical (unpaired) electrons. The maximum Gasteiger partial charge on any atom is 0.281 e. The van der Waals surface area contributed by atoms with E-state index in [2.05, 4.69) is 6.07 Å². The molecule has 0 bridgehead atoms. The van der Waals surface area contributed by atoms with Crippen molar-refractivity contribution < 1.29 is 8.42 Å². The van der Waals surface area contributed by atoms with E-state index in [9.17, 15) is 8.42 Å². The summed E-state index contributed by atoms with van der Waals surface area (Å²) in [6.45, 7) is 5.98. The van der Waals surface area contributed by atoms with Crippen molar-refractivity contribution in [2.45, 2.75) is 32.6 Å². The van der Waals surface area contributed by atoms with Crippen LogP contribution in [0.15, 0.2) is 24.3 Å². The van der Waals surface area contributed by atoms with Crippen LogP contribution in [-0.2, 0) is 10.2 Å². The number of hydrogen-bond donors (Lipinski definition) is 0. The first-order chi connectivity index (χ1) is 11.1. The second-order valence-electron chi connectivity index (χ2n) is 5.79.